The van der Waals surface area contributed by atoms with Crippen LogP contribution in [0.2, 0.25) is 5.02 Å². The number of allylic oxidation sites excluding steroid dienone is 2. The lowest BCUT2D eigenvalue weighted by Crippen LogP contribution is -2.28. The van der Waals surface area contributed by atoms with E-state index < -0.39 is 0 Å². The van der Waals surface area contributed by atoms with E-state index in [0.717, 1.165) is 12.1 Å². The van der Waals surface area contributed by atoms with Crippen LogP contribution in [0, 0.1) is 5.92 Å². The van der Waals surface area contributed by atoms with Crippen LogP contribution in [0.1, 0.15) is 35.1 Å². The number of phenols is 1. The summed E-state index contributed by atoms with van der Waals surface area (Å²) in [7, 11) is 0. The lowest BCUT2D eigenvalue weighted by Gasteiger charge is -2.37. The Morgan fingerprint density at radius 1 is 1.03 bits per heavy atom. The lowest BCUT2D eigenvalue weighted by atomic mass is 9.77. The van der Waals surface area contributed by atoms with Crippen LogP contribution in [0.4, 0.5) is 11.4 Å². The monoisotopic (exact) mass is 400 g/mol. The number of anilines is 1. The van der Waals surface area contributed by atoms with E-state index in [-0.39, 0.29) is 11.8 Å². The zero-order valence-electron chi connectivity index (χ0n) is 15.8. The summed E-state index contributed by atoms with van der Waals surface area (Å²) in [6.45, 7) is 0. The van der Waals surface area contributed by atoms with Gasteiger partial charge in [0.25, 0.3) is 0 Å². The molecule has 0 radical (unpaired) electrons. The number of nitrogens with one attached hydrogen (secondary N) is 1. The summed E-state index contributed by atoms with van der Waals surface area (Å²) in [5.41, 5.74) is 5.33. The van der Waals surface area contributed by atoms with Crippen LogP contribution in [0.15, 0.2) is 83.9 Å². The molecule has 1 aliphatic heterocycles. The molecule has 0 aromatic heterocycles. The fourth-order valence-electron chi connectivity index (χ4n) is 4.41. The van der Waals surface area contributed by atoms with Crippen molar-refractivity contribution in [3.05, 3.63) is 101 Å². The average molecular weight is 401 g/mol. The second-order valence-corrected chi connectivity index (χ2v) is 8.05. The molecule has 0 spiro atoms. The molecule has 1 heterocycles. The molecule has 0 amide bonds. The number of para-hydroxylation sites is 1. The van der Waals surface area contributed by atoms with E-state index in [4.69, 9.17) is 11.6 Å². The van der Waals surface area contributed by atoms with Gasteiger partial charge in [0.2, 0.25) is 0 Å². The topological polar surface area (TPSA) is 44.6 Å². The van der Waals surface area contributed by atoms with Gasteiger partial charge in [-0.15, -0.1) is 0 Å². The number of benzene rings is 3. The van der Waals surface area contributed by atoms with E-state index >= 15 is 0 Å². The van der Waals surface area contributed by atoms with Crippen molar-refractivity contribution in [1.29, 1.82) is 0 Å². The van der Waals surface area contributed by atoms with Crippen LogP contribution in [-0.4, -0.2) is 11.3 Å². The lowest BCUT2D eigenvalue weighted by molar-refractivity contribution is 0.425. The minimum absolute atomic E-state index is 0.166. The first-order valence-corrected chi connectivity index (χ1v) is 10.2. The second kappa shape index (κ2) is 7.41. The Labute approximate surface area is 175 Å². The first kappa shape index (κ1) is 18.0. The summed E-state index contributed by atoms with van der Waals surface area (Å²) < 4.78 is 0. The Morgan fingerprint density at radius 3 is 2.72 bits per heavy atom. The molecule has 3 aromatic rings. The van der Waals surface area contributed by atoms with Gasteiger partial charge in [-0.05, 0) is 59.9 Å². The molecule has 3 nitrogen and oxygen atoms in total. The molecule has 144 valence electrons. The minimum Gasteiger partial charge on any atom is -0.507 e. The first-order chi connectivity index (χ1) is 14.2. The van der Waals surface area contributed by atoms with Gasteiger partial charge in [-0.25, -0.2) is 0 Å². The molecule has 1 aliphatic carbocycles. The van der Waals surface area contributed by atoms with E-state index in [2.05, 4.69) is 58.9 Å². The Hall–Kier alpha value is -3.04. The number of hydrogen-bond donors (Lipinski definition) is 2. The highest BCUT2D eigenvalue weighted by Crippen LogP contribution is 2.49. The van der Waals surface area contributed by atoms with Crippen molar-refractivity contribution >= 4 is 29.2 Å². The maximum atomic E-state index is 9.93. The third-order valence-corrected chi connectivity index (χ3v) is 6.10. The normalized spacial score (nSPS) is 22.3. The summed E-state index contributed by atoms with van der Waals surface area (Å²) in [5.74, 6) is 1.17. The number of aromatic hydroxyl groups is 1. The van der Waals surface area contributed by atoms with E-state index in [0.29, 0.717) is 22.4 Å². The summed E-state index contributed by atoms with van der Waals surface area (Å²) in [6, 6.07) is 22.1. The highest BCUT2D eigenvalue weighted by Gasteiger charge is 2.37. The molecule has 3 aromatic carbocycles. The van der Waals surface area contributed by atoms with Crippen molar-refractivity contribution in [1.82, 2.24) is 0 Å². The van der Waals surface area contributed by atoms with Gasteiger partial charge in [-0.2, -0.15) is 0 Å². The number of rotatable bonds is 3. The highest BCUT2D eigenvalue weighted by molar-refractivity contribution is 6.30. The number of phenolic OH excluding ortho intramolecular Hbond substituents is 1. The molecule has 4 heteroatoms. The van der Waals surface area contributed by atoms with Crippen molar-refractivity contribution in [2.45, 2.75) is 18.4 Å². The smallest absolute Gasteiger partial charge is 0.124 e. The summed E-state index contributed by atoms with van der Waals surface area (Å²) in [4.78, 5) is 4.49. The van der Waals surface area contributed by atoms with Crippen molar-refractivity contribution in [3.63, 3.8) is 0 Å². The van der Waals surface area contributed by atoms with Crippen molar-refractivity contribution in [2.24, 2.45) is 10.9 Å². The maximum Gasteiger partial charge on any atom is 0.124 e. The molecule has 2 aliphatic rings. The summed E-state index contributed by atoms with van der Waals surface area (Å²) >= 11 is 6.00. The Kier molecular flexibility index (Phi) is 4.61. The quantitative estimate of drug-likeness (QED) is 0.383. The van der Waals surface area contributed by atoms with E-state index in [1.54, 1.807) is 24.4 Å². The molecule has 5 rings (SSSR count). The molecule has 29 heavy (non-hydrogen) atoms. The first-order valence-electron chi connectivity index (χ1n) is 9.84. The molecular formula is C25H21ClN2O. The third kappa shape index (κ3) is 3.43. The average Bonchev–Trinajstić information content (AvgIpc) is 3.24. The Balaban J connectivity index is 1.39. The zero-order chi connectivity index (χ0) is 19.8. The number of aliphatic imine (C=N–C) groups is 1. The Morgan fingerprint density at radius 2 is 1.86 bits per heavy atom. The van der Waals surface area contributed by atoms with Gasteiger partial charge in [0.1, 0.15) is 5.75 Å². The van der Waals surface area contributed by atoms with E-state index in [1.807, 2.05) is 12.1 Å². The van der Waals surface area contributed by atoms with Crippen LogP contribution in [0.3, 0.4) is 0 Å². The van der Waals surface area contributed by atoms with Crippen LogP contribution < -0.4 is 5.32 Å². The number of fused-ring (bicyclic) bond motifs is 3. The van der Waals surface area contributed by atoms with Gasteiger partial charge in [-0.3, -0.25) is 4.99 Å². The summed E-state index contributed by atoms with van der Waals surface area (Å²) in [6.07, 6.45) is 7.39. The molecule has 0 saturated carbocycles. The number of nitrogens with zero attached hydrogens (tertiary/aromatic N) is 1. The Bertz CT molecular complexity index is 1100. The number of halogens is 1. The van der Waals surface area contributed by atoms with Gasteiger partial charge in [0.15, 0.2) is 0 Å². The van der Waals surface area contributed by atoms with E-state index in [1.165, 1.54) is 16.8 Å². The molecule has 0 bridgehead atoms. The van der Waals surface area contributed by atoms with Gasteiger partial charge in [-0.1, -0.05) is 54.1 Å². The van der Waals surface area contributed by atoms with Crippen molar-refractivity contribution < 1.29 is 5.11 Å². The zero-order valence-corrected chi connectivity index (χ0v) is 16.6. The molecule has 3 atom stereocenters. The largest absolute Gasteiger partial charge is 0.507 e. The van der Waals surface area contributed by atoms with Crippen LogP contribution in [0.5, 0.6) is 5.75 Å². The van der Waals surface area contributed by atoms with Crippen molar-refractivity contribution in [3.8, 4) is 5.75 Å². The third-order valence-electron chi connectivity index (χ3n) is 5.87. The number of hydrogen-bond acceptors (Lipinski definition) is 3. The second-order valence-electron chi connectivity index (χ2n) is 7.62. The van der Waals surface area contributed by atoms with Gasteiger partial charge < -0.3 is 10.4 Å². The van der Waals surface area contributed by atoms with Crippen LogP contribution in [0.25, 0.3) is 0 Å². The standard InChI is InChI=1S/C25H21ClN2O/c26-18-10-13-24(29)17(14-18)15-27-19-11-8-16(9-12-19)25-22-6-3-5-20(22)21-4-1-2-7-23(21)28-25/h1-5,7-15,20,22,25,28-29H,6H2/t20-,22+,25-/m0/s1. The molecule has 0 saturated heterocycles. The fraction of sp³-hybridized carbons (Fsp3) is 0.160. The maximum absolute atomic E-state index is 9.93. The molecule has 2 N–H and O–H groups in total. The van der Waals surface area contributed by atoms with Crippen LogP contribution in [-0.2, 0) is 0 Å². The molecule has 0 unspecified atom stereocenters. The van der Waals surface area contributed by atoms with Gasteiger partial charge >= 0.3 is 0 Å². The van der Waals surface area contributed by atoms with Gasteiger partial charge in [0.05, 0.1) is 11.7 Å². The van der Waals surface area contributed by atoms with Crippen LogP contribution >= 0.6 is 11.6 Å². The van der Waals surface area contributed by atoms with E-state index in [9.17, 15) is 5.11 Å². The molecular weight excluding hydrogens is 380 g/mol. The fourth-order valence-corrected chi connectivity index (χ4v) is 4.59. The molecule has 0 fully saturated rings. The van der Waals surface area contributed by atoms with Gasteiger partial charge in [0, 0.05) is 28.4 Å². The predicted octanol–water partition coefficient (Wildman–Crippen LogP) is 6.62. The SMILES string of the molecule is Oc1ccc(Cl)cc1C=Nc1ccc([C@@H]2Nc3ccccc3[C@@H]3C=CC[C@H]32)cc1. The summed E-state index contributed by atoms with van der Waals surface area (Å²) in [5, 5.41) is 14.3. The van der Waals surface area contributed by atoms with Crippen molar-refractivity contribution in [2.75, 3.05) is 5.32 Å². The highest BCUT2D eigenvalue weighted by atomic mass is 35.5. The predicted molar refractivity (Wildman–Crippen MR) is 120 cm³/mol. The minimum atomic E-state index is 0.166.